The molecule has 0 radical (unpaired) electrons. The maximum Gasteiger partial charge on any atom is 0.323 e. The molecule has 0 bridgehead atoms. The number of nitrogens with zero attached hydrogens (tertiary/aromatic N) is 9. The molecule has 2 amide bonds. The minimum atomic E-state index is -2.16. The number of benzene rings is 1. The molecular formula is C35H43N11O2S. The first-order valence-electron chi connectivity index (χ1n) is 16.7. The van der Waals surface area contributed by atoms with Gasteiger partial charge in [-0.25, -0.2) is 19.1 Å². The number of hydrogen-bond donors (Lipinski definition) is 2. The van der Waals surface area contributed by atoms with Gasteiger partial charge in [-0.05, 0) is 56.2 Å². The van der Waals surface area contributed by atoms with E-state index in [2.05, 4.69) is 36.0 Å². The lowest BCUT2D eigenvalue weighted by molar-refractivity contribution is 0.240. The molecule has 1 saturated carbocycles. The summed E-state index contributed by atoms with van der Waals surface area (Å²) in [5.41, 5.74) is 3.35. The third kappa shape index (κ3) is 8.72. The van der Waals surface area contributed by atoms with Crippen LogP contribution in [0.4, 0.5) is 22.4 Å². The second-order valence-electron chi connectivity index (χ2n) is 13.0. The van der Waals surface area contributed by atoms with Gasteiger partial charge in [0.15, 0.2) is 5.82 Å². The van der Waals surface area contributed by atoms with Gasteiger partial charge < -0.3 is 15.5 Å². The largest absolute Gasteiger partial charge is 0.355 e. The van der Waals surface area contributed by atoms with E-state index in [9.17, 15) is 14.3 Å². The van der Waals surface area contributed by atoms with Crippen molar-refractivity contribution < 1.29 is 9.00 Å². The Bertz CT molecular complexity index is 1890. The molecule has 0 atom stereocenters. The van der Waals surface area contributed by atoms with Gasteiger partial charge in [0.2, 0.25) is 5.95 Å². The third-order valence-electron chi connectivity index (χ3n) is 8.99. The molecular weight excluding hydrogens is 639 g/mol. The monoisotopic (exact) mass is 681 g/mol. The lowest BCUT2D eigenvalue weighted by Crippen LogP contribution is -2.49. The molecule has 13 nitrogen and oxygen atoms in total. The fraction of sp³-hybridized carbons (Fsp3) is 0.429. The lowest BCUT2D eigenvalue weighted by atomic mass is 9.90. The highest BCUT2D eigenvalue weighted by atomic mass is 32.2. The first-order chi connectivity index (χ1) is 23.6. The Kier molecular flexibility index (Phi) is 10.4. The third-order valence-corrected chi connectivity index (χ3v) is 9.80. The fourth-order valence-corrected chi connectivity index (χ4v) is 7.48. The number of hydrogen-bond acceptors (Lipinski definition) is 10. The van der Waals surface area contributed by atoms with Crippen LogP contribution in [0.15, 0.2) is 71.6 Å². The van der Waals surface area contributed by atoms with E-state index in [-0.39, 0.29) is 24.2 Å². The molecule has 1 aromatic carbocycles. The summed E-state index contributed by atoms with van der Waals surface area (Å²) in [5, 5.41) is 20.6. The van der Waals surface area contributed by atoms with Crippen LogP contribution in [0.25, 0.3) is 11.1 Å². The Morgan fingerprint density at radius 3 is 2.39 bits per heavy atom. The highest BCUT2D eigenvalue weighted by Crippen LogP contribution is 2.30. The van der Waals surface area contributed by atoms with Gasteiger partial charge in [0.05, 0.1) is 18.4 Å². The minimum Gasteiger partial charge on any atom is -0.355 e. The number of amides is 2. The predicted molar refractivity (Wildman–Crippen MR) is 192 cm³/mol. The van der Waals surface area contributed by atoms with Crippen LogP contribution in [0.5, 0.6) is 0 Å². The van der Waals surface area contributed by atoms with Gasteiger partial charge in [-0.1, -0.05) is 30.3 Å². The van der Waals surface area contributed by atoms with Crippen molar-refractivity contribution in [1.29, 1.82) is 5.26 Å². The van der Waals surface area contributed by atoms with E-state index >= 15 is 0 Å². The van der Waals surface area contributed by atoms with Gasteiger partial charge in [-0.3, -0.25) is 13.8 Å². The lowest BCUT2D eigenvalue weighted by Gasteiger charge is -2.36. The first kappa shape index (κ1) is 33.9. The summed E-state index contributed by atoms with van der Waals surface area (Å²) in [6.07, 6.45) is 15.1. The quantitative estimate of drug-likeness (QED) is 0.249. The van der Waals surface area contributed by atoms with Crippen LogP contribution < -0.4 is 20.4 Å². The molecule has 6 rings (SSSR count). The zero-order valence-electron chi connectivity index (χ0n) is 28.2. The second kappa shape index (κ2) is 15.0. The van der Waals surface area contributed by atoms with Crippen LogP contribution in [0, 0.1) is 11.3 Å². The number of carbonyl (C=O) groups excluding carboxylic acids is 1. The Labute approximate surface area is 288 Å². The molecule has 256 valence electrons. The highest BCUT2D eigenvalue weighted by molar-refractivity contribution is 7.92. The van der Waals surface area contributed by atoms with Crippen LogP contribution in [-0.2, 0) is 23.3 Å². The number of nitriles is 1. The standard InChI is InChI=1S/C35H43N11O2S/c1-44-24-28(23-40-44)26-9-14-32(37-21-26)46(35(47)39-20-25-7-5-4-6-8-25)31-12-10-29(11-13-31)41-34-38-22-27(19-36)33(42-34)45-17-15-30(16-18-45)43-49(2,3)48/h4-9,14,21-24,29-31H,10-13,15-18,20H2,1-3H3,(H,39,47)(H,38,41,42). The number of aryl methyl sites for hydroxylation is 1. The van der Waals surface area contributed by atoms with Crippen LogP contribution in [-0.4, -0.2) is 78.7 Å². The fourth-order valence-electron chi connectivity index (χ4n) is 6.55. The molecule has 1 saturated heterocycles. The van der Waals surface area contributed by atoms with Crippen LogP contribution >= 0.6 is 0 Å². The van der Waals surface area contributed by atoms with Crippen LogP contribution in [0.2, 0.25) is 0 Å². The Morgan fingerprint density at radius 2 is 1.76 bits per heavy atom. The summed E-state index contributed by atoms with van der Waals surface area (Å²) in [6.45, 7) is 1.78. The van der Waals surface area contributed by atoms with Gasteiger partial charge in [0.25, 0.3) is 0 Å². The molecule has 1 aliphatic carbocycles. The van der Waals surface area contributed by atoms with E-state index in [1.54, 1.807) is 40.7 Å². The molecule has 4 aromatic rings. The van der Waals surface area contributed by atoms with E-state index in [0.29, 0.717) is 42.8 Å². The van der Waals surface area contributed by atoms with Gasteiger partial charge in [-0.15, -0.1) is 0 Å². The SMILES string of the molecule is Cn1cc(-c2ccc(N(C(=O)NCc3ccccc3)C3CCC(Nc4ncc(C#N)c(N5CCC(N=S(C)(C)=O)CC5)n4)CC3)nc2)cn1. The summed E-state index contributed by atoms with van der Waals surface area (Å²) >= 11 is 0. The number of nitrogens with one attached hydrogen (secondary N) is 2. The molecule has 2 aliphatic rings. The predicted octanol–water partition coefficient (Wildman–Crippen LogP) is 4.98. The zero-order chi connectivity index (χ0) is 34.4. The minimum absolute atomic E-state index is 0.0457. The highest BCUT2D eigenvalue weighted by Gasteiger charge is 2.32. The molecule has 4 heterocycles. The summed E-state index contributed by atoms with van der Waals surface area (Å²) in [7, 11) is -0.284. The summed E-state index contributed by atoms with van der Waals surface area (Å²) in [4.78, 5) is 31.6. The maximum atomic E-state index is 13.8. The Hall–Kier alpha value is -5.03. The van der Waals surface area contributed by atoms with Gasteiger partial charge in [0, 0.05) is 84.5 Å². The van der Waals surface area contributed by atoms with Gasteiger partial charge in [-0.2, -0.15) is 15.3 Å². The number of rotatable bonds is 9. The molecule has 2 N–H and O–H groups in total. The van der Waals surface area contributed by atoms with Crippen molar-refractivity contribution in [1.82, 2.24) is 30.0 Å². The zero-order valence-corrected chi connectivity index (χ0v) is 29.0. The summed E-state index contributed by atoms with van der Waals surface area (Å²) in [6, 6.07) is 15.9. The Morgan fingerprint density at radius 1 is 1.00 bits per heavy atom. The average Bonchev–Trinajstić information content (AvgIpc) is 3.54. The number of anilines is 3. The summed E-state index contributed by atoms with van der Waals surface area (Å²) in [5.74, 6) is 1.70. The van der Waals surface area contributed by atoms with Crippen molar-refractivity contribution in [2.75, 3.05) is 40.7 Å². The first-order valence-corrected chi connectivity index (χ1v) is 19.0. The van der Waals surface area contributed by atoms with Crippen molar-refractivity contribution in [3.8, 4) is 17.2 Å². The molecule has 14 heteroatoms. The topological polar surface area (TPSA) is 157 Å². The van der Waals surface area contributed by atoms with Crippen molar-refractivity contribution >= 4 is 33.3 Å². The van der Waals surface area contributed by atoms with Crippen LogP contribution in [0.1, 0.15) is 49.7 Å². The van der Waals surface area contributed by atoms with E-state index < -0.39 is 9.73 Å². The van der Waals surface area contributed by atoms with Crippen LogP contribution in [0.3, 0.4) is 0 Å². The van der Waals surface area contributed by atoms with E-state index in [1.165, 1.54) is 0 Å². The molecule has 0 spiro atoms. The van der Waals surface area contributed by atoms with Crippen molar-refractivity contribution in [2.24, 2.45) is 11.4 Å². The smallest absolute Gasteiger partial charge is 0.323 e. The number of piperidine rings is 1. The van der Waals surface area contributed by atoms with E-state index in [0.717, 1.165) is 55.2 Å². The van der Waals surface area contributed by atoms with E-state index in [4.69, 9.17) is 9.97 Å². The Balaban J connectivity index is 1.12. The summed E-state index contributed by atoms with van der Waals surface area (Å²) < 4.78 is 18.4. The molecule has 1 aliphatic heterocycles. The van der Waals surface area contributed by atoms with Crippen molar-refractivity contribution in [3.05, 3.63) is 78.4 Å². The van der Waals surface area contributed by atoms with Crippen molar-refractivity contribution in [2.45, 2.75) is 63.2 Å². The molecule has 49 heavy (non-hydrogen) atoms. The van der Waals surface area contributed by atoms with Gasteiger partial charge in [0.1, 0.15) is 17.5 Å². The number of aromatic nitrogens is 5. The molecule has 3 aromatic heterocycles. The average molecular weight is 682 g/mol. The molecule has 0 unspecified atom stereocenters. The number of pyridine rings is 1. The maximum absolute atomic E-state index is 13.8. The van der Waals surface area contributed by atoms with Gasteiger partial charge >= 0.3 is 6.03 Å². The van der Waals surface area contributed by atoms with Crippen molar-refractivity contribution in [3.63, 3.8) is 0 Å². The molecule has 2 fully saturated rings. The normalized spacial score (nSPS) is 18.4. The second-order valence-corrected chi connectivity index (χ2v) is 15.6. The number of carbonyl (C=O) groups is 1. The van der Waals surface area contributed by atoms with E-state index in [1.807, 2.05) is 55.7 Å². The number of urea groups is 1.